The molecule has 1 aliphatic rings. The van der Waals surface area contributed by atoms with Crippen molar-refractivity contribution in [3.63, 3.8) is 0 Å². The standard InChI is InChI=1S/C14H24N2O2/c1-4-12(17)10(3)14-15-13(16-18-14)11-7-5-6-9(2)8-11/h9-12,17H,4-8H2,1-3H3. The van der Waals surface area contributed by atoms with E-state index in [1.54, 1.807) is 0 Å². The Morgan fingerprint density at radius 2 is 2.22 bits per heavy atom. The van der Waals surface area contributed by atoms with Crippen LogP contribution in [0.4, 0.5) is 0 Å². The van der Waals surface area contributed by atoms with Crippen molar-refractivity contribution in [3.8, 4) is 0 Å². The van der Waals surface area contributed by atoms with Crippen LogP contribution in [0.1, 0.15) is 76.4 Å². The summed E-state index contributed by atoms with van der Waals surface area (Å²) in [6, 6.07) is 0. The summed E-state index contributed by atoms with van der Waals surface area (Å²) in [5, 5.41) is 13.9. The first-order valence-electron chi connectivity index (χ1n) is 7.13. The summed E-state index contributed by atoms with van der Waals surface area (Å²) in [5.74, 6) is 2.54. The van der Waals surface area contributed by atoms with E-state index in [1.165, 1.54) is 12.8 Å². The molecule has 1 N–H and O–H groups in total. The molecule has 0 bridgehead atoms. The average molecular weight is 252 g/mol. The van der Waals surface area contributed by atoms with Gasteiger partial charge in [0.1, 0.15) is 0 Å². The molecule has 0 spiro atoms. The average Bonchev–Trinajstić information content (AvgIpc) is 2.86. The zero-order valence-electron chi connectivity index (χ0n) is 11.6. The minimum atomic E-state index is -0.399. The second-order valence-corrected chi connectivity index (χ2v) is 5.72. The van der Waals surface area contributed by atoms with Crippen molar-refractivity contribution in [3.05, 3.63) is 11.7 Å². The van der Waals surface area contributed by atoms with E-state index in [2.05, 4.69) is 17.1 Å². The third-order valence-corrected chi connectivity index (χ3v) is 4.14. The molecule has 4 nitrogen and oxygen atoms in total. The maximum atomic E-state index is 9.81. The highest BCUT2D eigenvalue weighted by molar-refractivity contribution is 5.01. The predicted molar refractivity (Wildman–Crippen MR) is 69.4 cm³/mol. The zero-order chi connectivity index (χ0) is 13.1. The van der Waals surface area contributed by atoms with Crippen LogP contribution in [0.25, 0.3) is 0 Å². The number of aliphatic hydroxyl groups excluding tert-OH is 1. The molecule has 0 aliphatic heterocycles. The Balaban J connectivity index is 2.05. The topological polar surface area (TPSA) is 59.2 Å². The molecule has 1 aromatic heterocycles. The fraction of sp³-hybridized carbons (Fsp3) is 0.857. The second-order valence-electron chi connectivity index (χ2n) is 5.72. The van der Waals surface area contributed by atoms with Crippen molar-refractivity contribution in [2.45, 2.75) is 70.8 Å². The first kappa shape index (κ1) is 13.5. The van der Waals surface area contributed by atoms with E-state index in [0.717, 1.165) is 24.6 Å². The molecule has 0 saturated heterocycles. The van der Waals surface area contributed by atoms with E-state index in [4.69, 9.17) is 4.52 Å². The van der Waals surface area contributed by atoms with Crippen molar-refractivity contribution in [1.29, 1.82) is 0 Å². The monoisotopic (exact) mass is 252 g/mol. The lowest BCUT2D eigenvalue weighted by molar-refractivity contribution is 0.129. The number of aliphatic hydroxyl groups is 1. The third-order valence-electron chi connectivity index (χ3n) is 4.14. The van der Waals surface area contributed by atoms with Crippen molar-refractivity contribution < 1.29 is 9.63 Å². The molecule has 0 radical (unpaired) electrons. The number of rotatable bonds is 4. The Kier molecular flexibility index (Phi) is 4.38. The molecule has 2 rings (SSSR count). The number of aromatic nitrogens is 2. The van der Waals surface area contributed by atoms with Gasteiger partial charge in [-0.05, 0) is 25.2 Å². The van der Waals surface area contributed by atoms with Gasteiger partial charge in [-0.15, -0.1) is 0 Å². The van der Waals surface area contributed by atoms with Crippen LogP contribution >= 0.6 is 0 Å². The number of hydrogen-bond donors (Lipinski definition) is 1. The fourth-order valence-corrected chi connectivity index (χ4v) is 2.78. The van der Waals surface area contributed by atoms with E-state index in [1.807, 2.05) is 13.8 Å². The molecule has 1 saturated carbocycles. The van der Waals surface area contributed by atoms with Gasteiger partial charge in [0.2, 0.25) is 5.89 Å². The van der Waals surface area contributed by atoms with Gasteiger partial charge < -0.3 is 9.63 Å². The summed E-state index contributed by atoms with van der Waals surface area (Å²) < 4.78 is 5.32. The summed E-state index contributed by atoms with van der Waals surface area (Å²) in [6.07, 6.45) is 5.19. The Morgan fingerprint density at radius 3 is 2.89 bits per heavy atom. The molecule has 1 fully saturated rings. The van der Waals surface area contributed by atoms with Crippen molar-refractivity contribution in [1.82, 2.24) is 10.1 Å². The maximum absolute atomic E-state index is 9.81. The van der Waals surface area contributed by atoms with Gasteiger partial charge in [-0.3, -0.25) is 0 Å². The van der Waals surface area contributed by atoms with Crippen molar-refractivity contribution in [2.75, 3.05) is 0 Å². The van der Waals surface area contributed by atoms with E-state index >= 15 is 0 Å². The van der Waals surface area contributed by atoms with Crippen molar-refractivity contribution in [2.24, 2.45) is 5.92 Å². The predicted octanol–water partition coefficient (Wildman–Crippen LogP) is 3.24. The van der Waals surface area contributed by atoms with E-state index in [-0.39, 0.29) is 5.92 Å². The lowest BCUT2D eigenvalue weighted by Crippen LogP contribution is -2.15. The lowest BCUT2D eigenvalue weighted by Gasteiger charge is -2.23. The molecular weight excluding hydrogens is 228 g/mol. The van der Waals surface area contributed by atoms with Gasteiger partial charge in [0.15, 0.2) is 5.82 Å². The first-order chi connectivity index (χ1) is 8.61. The summed E-state index contributed by atoms with van der Waals surface area (Å²) in [7, 11) is 0. The summed E-state index contributed by atoms with van der Waals surface area (Å²) in [5.41, 5.74) is 0. The minimum absolute atomic E-state index is 0.0720. The fourth-order valence-electron chi connectivity index (χ4n) is 2.78. The summed E-state index contributed by atoms with van der Waals surface area (Å²) in [4.78, 5) is 4.50. The van der Waals surface area contributed by atoms with Crippen LogP contribution in [0.3, 0.4) is 0 Å². The third kappa shape index (κ3) is 2.91. The maximum Gasteiger partial charge on any atom is 0.232 e. The SMILES string of the molecule is CCC(O)C(C)c1nc(C2CCCC(C)C2)no1. The molecule has 0 amide bonds. The van der Waals surface area contributed by atoms with Crippen LogP contribution in [0.15, 0.2) is 4.52 Å². The van der Waals surface area contributed by atoms with Crippen LogP contribution < -0.4 is 0 Å². The van der Waals surface area contributed by atoms with Gasteiger partial charge in [-0.1, -0.05) is 38.8 Å². The van der Waals surface area contributed by atoms with Crippen LogP contribution in [0, 0.1) is 5.92 Å². The van der Waals surface area contributed by atoms with E-state index < -0.39 is 6.10 Å². The molecule has 18 heavy (non-hydrogen) atoms. The molecule has 4 unspecified atom stereocenters. The highest BCUT2D eigenvalue weighted by Crippen LogP contribution is 2.35. The Bertz CT molecular complexity index is 378. The zero-order valence-corrected chi connectivity index (χ0v) is 11.6. The van der Waals surface area contributed by atoms with Gasteiger partial charge in [0, 0.05) is 5.92 Å². The number of nitrogens with zero attached hydrogens (tertiary/aromatic N) is 2. The van der Waals surface area contributed by atoms with Gasteiger partial charge in [-0.2, -0.15) is 4.98 Å². The highest BCUT2D eigenvalue weighted by Gasteiger charge is 2.27. The van der Waals surface area contributed by atoms with Crippen LogP contribution in [-0.2, 0) is 0 Å². The van der Waals surface area contributed by atoms with E-state index in [0.29, 0.717) is 18.2 Å². The summed E-state index contributed by atoms with van der Waals surface area (Å²) in [6.45, 7) is 6.19. The van der Waals surface area contributed by atoms with E-state index in [9.17, 15) is 5.11 Å². The minimum Gasteiger partial charge on any atom is -0.392 e. The summed E-state index contributed by atoms with van der Waals surface area (Å²) >= 11 is 0. The highest BCUT2D eigenvalue weighted by atomic mass is 16.5. The molecule has 1 aromatic rings. The molecule has 4 atom stereocenters. The van der Waals surface area contributed by atoms with Gasteiger partial charge in [0.05, 0.1) is 12.0 Å². The Morgan fingerprint density at radius 1 is 1.44 bits per heavy atom. The molecular formula is C14H24N2O2. The first-order valence-corrected chi connectivity index (χ1v) is 7.13. The van der Waals surface area contributed by atoms with Gasteiger partial charge >= 0.3 is 0 Å². The molecule has 0 aromatic carbocycles. The molecule has 102 valence electrons. The molecule has 4 heteroatoms. The lowest BCUT2D eigenvalue weighted by atomic mass is 9.82. The Hall–Kier alpha value is -0.900. The van der Waals surface area contributed by atoms with Gasteiger partial charge in [0.25, 0.3) is 0 Å². The van der Waals surface area contributed by atoms with Crippen LogP contribution in [-0.4, -0.2) is 21.4 Å². The quantitative estimate of drug-likeness (QED) is 0.893. The largest absolute Gasteiger partial charge is 0.392 e. The van der Waals surface area contributed by atoms with Crippen LogP contribution in [0.5, 0.6) is 0 Å². The van der Waals surface area contributed by atoms with Crippen molar-refractivity contribution >= 4 is 0 Å². The van der Waals surface area contributed by atoms with Gasteiger partial charge in [-0.25, -0.2) is 0 Å². The second kappa shape index (κ2) is 5.83. The molecule has 1 heterocycles. The normalized spacial score (nSPS) is 28.0. The Labute approximate surface area is 109 Å². The molecule has 1 aliphatic carbocycles. The number of hydrogen-bond acceptors (Lipinski definition) is 4. The van der Waals surface area contributed by atoms with Crippen LogP contribution in [0.2, 0.25) is 0 Å². The smallest absolute Gasteiger partial charge is 0.232 e.